The third-order valence-corrected chi connectivity index (χ3v) is 5.70. The van der Waals surface area contributed by atoms with E-state index < -0.39 is 24.0 Å². The third-order valence-electron chi connectivity index (χ3n) is 5.70. The van der Waals surface area contributed by atoms with Gasteiger partial charge in [0.1, 0.15) is 0 Å². The molecule has 32 heavy (non-hydrogen) atoms. The summed E-state index contributed by atoms with van der Waals surface area (Å²) in [6, 6.07) is 27.2. The summed E-state index contributed by atoms with van der Waals surface area (Å²) in [5.41, 5.74) is 1.53. The SMILES string of the molecule is CCOC(=O)[C@H](OC(=O)[C@H](CC)c1ccccc1)c1c2ccccc2cc2ccccc12. The van der Waals surface area contributed by atoms with E-state index in [0.29, 0.717) is 12.0 Å². The van der Waals surface area contributed by atoms with Gasteiger partial charge in [0.25, 0.3) is 0 Å². The topological polar surface area (TPSA) is 52.6 Å². The number of carbonyl (C=O) groups excluding carboxylic acids is 2. The maximum absolute atomic E-state index is 13.3. The van der Waals surface area contributed by atoms with E-state index in [9.17, 15) is 9.59 Å². The molecule has 0 N–H and O–H groups in total. The van der Waals surface area contributed by atoms with Gasteiger partial charge < -0.3 is 9.47 Å². The Morgan fingerprint density at radius 3 is 1.88 bits per heavy atom. The fourth-order valence-corrected chi connectivity index (χ4v) is 4.20. The van der Waals surface area contributed by atoms with E-state index in [0.717, 1.165) is 27.1 Å². The molecule has 0 radical (unpaired) electrons. The van der Waals surface area contributed by atoms with Crippen LogP contribution in [0.15, 0.2) is 84.9 Å². The minimum Gasteiger partial charge on any atom is -0.463 e. The molecule has 162 valence electrons. The molecule has 0 aliphatic carbocycles. The van der Waals surface area contributed by atoms with Gasteiger partial charge in [0, 0.05) is 5.56 Å². The molecule has 0 saturated heterocycles. The lowest BCUT2D eigenvalue weighted by Gasteiger charge is -2.23. The summed E-state index contributed by atoms with van der Waals surface area (Å²) in [4.78, 5) is 26.4. The van der Waals surface area contributed by atoms with E-state index in [1.54, 1.807) is 6.92 Å². The molecular formula is C28H26O4. The Kier molecular flexibility index (Phi) is 6.50. The second kappa shape index (κ2) is 9.65. The van der Waals surface area contributed by atoms with Crippen LogP contribution in [-0.2, 0) is 19.1 Å². The quantitative estimate of drug-likeness (QED) is 0.256. The summed E-state index contributed by atoms with van der Waals surface area (Å²) in [5, 5.41) is 3.68. The van der Waals surface area contributed by atoms with Gasteiger partial charge in [0.05, 0.1) is 12.5 Å². The average Bonchev–Trinajstić information content (AvgIpc) is 2.82. The van der Waals surface area contributed by atoms with Crippen LogP contribution in [-0.4, -0.2) is 18.5 Å². The second-order valence-electron chi connectivity index (χ2n) is 7.67. The van der Waals surface area contributed by atoms with Crippen molar-refractivity contribution in [3.8, 4) is 0 Å². The van der Waals surface area contributed by atoms with Gasteiger partial charge in [0.15, 0.2) is 0 Å². The number of benzene rings is 4. The van der Waals surface area contributed by atoms with Crippen molar-refractivity contribution in [2.45, 2.75) is 32.3 Å². The molecule has 0 amide bonds. The Hall–Kier alpha value is -3.66. The van der Waals surface area contributed by atoms with Crippen LogP contribution < -0.4 is 0 Å². The Labute approximate surface area is 187 Å². The molecule has 0 saturated carbocycles. The molecule has 4 aromatic rings. The minimum atomic E-state index is -1.16. The number of ether oxygens (including phenoxy) is 2. The lowest BCUT2D eigenvalue weighted by molar-refractivity contribution is -0.169. The van der Waals surface area contributed by atoms with Crippen LogP contribution in [0.1, 0.15) is 43.4 Å². The van der Waals surface area contributed by atoms with Crippen LogP contribution in [0.5, 0.6) is 0 Å². The van der Waals surface area contributed by atoms with E-state index in [2.05, 4.69) is 6.07 Å². The van der Waals surface area contributed by atoms with Gasteiger partial charge >= 0.3 is 11.9 Å². The van der Waals surface area contributed by atoms with Crippen LogP contribution in [0, 0.1) is 0 Å². The fourth-order valence-electron chi connectivity index (χ4n) is 4.20. The Morgan fingerprint density at radius 1 is 0.750 bits per heavy atom. The Morgan fingerprint density at radius 2 is 1.31 bits per heavy atom. The molecule has 4 heteroatoms. The predicted octanol–water partition coefficient (Wildman–Crippen LogP) is 6.33. The Balaban J connectivity index is 1.85. The summed E-state index contributed by atoms with van der Waals surface area (Å²) in [7, 11) is 0. The lowest BCUT2D eigenvalue weighted by atomic mass is 9.92. The largest absolute Gasteiger partial charge is 0.463 e. The van der Waals surface area contributed by atoms with Crippen molar-refractivity contribution in [1.82, 2.24) is 0 Å². The number of esters is 2. The molecule has 0 fully saturated rings. The zero-order valence-electron chi connectivity index (χ0n) is 18.3. The molecule has 0 aromatic heterocycles. The molecule has 0 unspecified atom stereocenters. The van der Waals surface area contributed by atoms with Gasteiger partial charge in [-0.3, -0.25) is 4.79 Å². The number of rotatable bonds is 7. The maximum atomic E-state index is 13.3. The van der Waals surface area contributed by atoms with Crippen molar-refractivity contribution < 1.29 is 19.1 Å². The summed E-state index contributed by atoms with van der Waals surface area (Å²) in [5.74, 6) is -1.46. The number of carbonyl (C=O) groups is 2. The number of hydrogen-bond acceptors (Lipinski definition) is 4. The van der Waals surface area contributed by atoms with E-state index >= 15 is 0 Å². The molecule has 4 aromatic carbocycles. The van der Waals surface area contributed by atoms with E-state index in [-0.39, 0.29) is 6.61 Å². The highest BCUT2D eigenvalue weighted by Gasteiger charge is 2.32. The average molecular weight is 427 g/mol. The normalized spacial score (nSPS) is 12.9. The van der Waals surface area contributed by atoms with E-state index in [4.69, 9.17) is 9.47 Å². The van der Waals surface area contributed by atoms with Gasteiger partial charge in [-0.15, -0.1) is 0 Å². The van der Waals surface area contributed by atoms with Crippen LogP contribution in [0.3, 0.4) is 0 Å². The van der Waals surface area contributed by atoms with Gasteiger partial charge in [-0.2, -0.15) is 0 Å². The zero-order valence-corrected chi connectivity index (χ0v) is 18.3. The molecule has 4 rings (SSSR count). The molecule has 0 aliphatic rings. The van der Waals surface area contributed by atoms with Gasteiger partial charge in [-0.25, -0.2) is 4.79 Å². The first-order chi connectivity index (χ1) is 15.6. The first-order valence-electron chi connectivity index (χ1n) is 11.0. The maximum Gasteiger partial charge on any atom is 0.352 e. The van der Waals surface area contributed by atoms with E-state index in [1.807, 2.05) is 85.8 Å². The lowest BCUT2D eigenvalue weighted by Crippen LogP contribution is -2.25. The molecule has 0 aliphatic heterocycles. The van der Waals surface area contributed by atoms with Gasteiger partial charge in [-0.05, 0) is 46.5 Å². The van der Waals surface area contributed by atoms with Gasteiger partial charge in [-0.1, -0.05) is 85.8 Å². The summed E-state index contributed by atoms with van der Waals surface area (Å²) >= 11 is 0. The van der Waals surface area contributed by atoms with Crippen LogP contribution in [0.2, 0.25) is 0 Å². The zero-order chi connectivity index (χ0) is 22.5. The monoisotopic (exact) mass is 426 g/mol. The van der Waals surface area contributed by atoms with Crippen molar-refractivity contribution in [3.05, 3.63) is 96.1 Å². The summed E-state index contributed by atoms with van der Waals surface area (Å²) < 4.78 is 11.3. The number of hydrogen-bond donors (Lipinski definition) is 0. The highest BCUT2D eigenvalue weighted by Crippen LogP contribution is 2.36. The number of fused-ring (bicyclic) bond motifs is 2. The highest BCUT2D eigenvalue weighted by molar-refractivity contribution is 6.05. The van der Waals surface area contributed by atoms with Crippen molar-refractivity contribution in [2.24, 2.45) is 0 Å². The molecule has 0 heterocycles. The Bertz CT molecular complexity index is 1190. The van der Waals surface area contributed by atoms with E-state index in [1.165, 1.54) is 0 Å². The summed E-state index contributed by atoms with van der Waals surface area (Å²) in [6.07, 6.45) is -0.592. The first kappa shape index (κ1) is 21.6. The highest BCUT2D eigenvalue weighted by atomic mass is 16.6. The molecule has 2 atom stereocenters. The van der Waals surface area contributed by atoms with Crippen molar-refractivity contribution >= 4 is 33.5 Å². The summed E-state index contributed by atoms with van der Waals surface area (Å²) in [6.45, 7) is 3.88. The first-order valence-corrected chi connectivity index (χ1v) is 11.0. The van der Waals surface area contributed by atoms with Crippen molar-refractivity contribution in [3.63, 3.8) is 0 Å². The predicted molar refractivity (Wildman–Crippen MR) is 126 cm³/mol. The second-order valence-corrected chi connectivity index (χ2v) is 7.67. The fraction of sp³-hybridized carbons (Fsp3) is 0.214. The standard InChI is InChI=1S/C28H26O4/c1-3-22(19-12-6-5-7-13-19)27(29)32-26(28(30)31-4-2)25-23-16-10-8-14-20(23)18-21-15-9-11-17-24(21)25/h5-18,22,26H,3-4H2,1-2H3/t22-,26-/m1/s1. The third kappa shape index (κ3) is 4.22. The van der Waals surface area contributed by atoms with Gasteiger partial charge in [0.2, 0.25) is 6.10 Å². The molecule has 0 spiro atoms. The minimum absolute atomic E-state index is 0.200. The molecular weight excluding hydrogens is 400 g/mol. The van der Waals surface area contributed by atoms with Crippen LogP contribution in [0.4, 0.5) is 0 Å². The van der Waals surface area contributed by atoms with Crippen LogP contribution >= 0.6 is 0 Å². The van der Waals surface area contributed by atoms with Crippen LogP contribution in [0.25, 0.3) is 21.5 Å². The van der Waals surface area contributed by atoms with Crippen molar-refractivity contribution in [1.29, 1.82) is 0 Å². The molecule has 4 nitrogen and oxygen atoms in total. The smallest absolute Gasteiger partial charge is 0.352 e. The van der Waals surface area contributed by atoms with Crippen molar-refractivity contribution in [2.75, 3.05) is 6.61 Å². The molecule has 0 bridgehead atoms.